The molecule has 1 fully saturated rings. The van der Waals surface area contributed by atoms with Crippen molar-refractivity contribution >= 4 is 5.97 Å². The molecule has 1 N–H and O–H groups in total. The van der Waals surface area contributed by atoms with Gasteiger partial charge >= 0.3 is 5.97 Å². The van der Waals surface area contributed by atoms with E-state index in [1.807, 2.05) is 20.0 Å². The highest BCUT2D eigenvalue weighted by atomic mass is 16.5. The number of methoxy groups -OCH3 is 1. The summed E-state index contributed by atoms with van der Waals surface area (Å²) in [4.78, 5) is 13.6. The first-order valence-corrected chi connectivity index (χ1v) is 6.78. The molecule has 1 aromatic heterocycles. The Hall–Kier alpha value is -1.37. The number of carbonyl (C=O) groups excluding carboxylic acids is 1. The summed E-state index contributed by atoms with van der Waals surface area (Å²) in [5, 5.41) is 3.30. The molecule has 0 aliphatic carbocycles. The highest BCUT2D eigenvalue weighted by Crippen LogP contribution is 2.17. The summed E-state index contributed by atoms with van der Waals surface area (Å²) in [6, 6.07) is 1.88. The lowest BCUT2D eigenvalue weighted by atomic mass is 10.2. The molecular weight excluding hydrogens is 260 g/mol. The van der Waals surface area contributed by atoms with Gasteiger partial charge in [-0.1, -0.05) is 0 Å². The monoisotopic (exact) mass is 282 g/mol. The summed E-state index contributed by atoms with van der Waals surface area (Å²) in [5.74, 6) is 0.608. The van der Waals surface area contributed by atoms with Crippen molar-refractivity contribution in [3.63, 3.8) is 0 Å². The molecule has 0 amide bonds. The number of esters is 1. The summed E-state index contributed by atoms with van der Waals surface area (Å²) in [6.07, 6.45) is 0.199. The van der Waals surface area contributed by atoms with E-state index in [0.717, 1.165) is 37.6 Å². The molecule has 1 aliphatic rings. The van der Waals surface area contributed by atoms with Crippen LogP contribution in [0.4, 0.5) is 0 Å². The van der Waals surface area contributed by atoms with Gasteiger partial charge in [0.25, 0.3) is 0 Å². The molecule has 6 heteroatoms. The van der Waals surface area contributed by atoms with E-state index in [-0.39, 0.29) is 11.9 Å². The van der Waals surface area contributed by atoms with E-state index in [4.69, 9.17) is 9.15 Å². The van der Waals surface area contributed by atoms with Gasteiger partial charge in [-0.05, 0) is 20.0 Å². The third-order valence-corrected chi connectivity index (χ3v) is 3.29. The Kier molecular flexibility index (Phi) is 5.17. The Morgan fingerprint density at radius 2 is 2.40 bits per heavy atom. The van der Waals surface area contributed by atoms with Gasteiger partial charge in [-0.15, -0.1) is 0 Å². The summed E-state index contributed by atoms with van der Waals surface area (Å²) < 4.78 is 15.9. The maximum atomic E-state index is 11.5. The molecule has 2 heterocycles. The van der Waals surface area contributed by atoms with Gasteiger partial charge in [0.15, 0.2) is 0 Å². The lowest BCUT2D eigenvalue weighted by Gasteiger charge is -2.27. The number of morpholine rings is 1. The molecule has 1 aliphatic heterocycles. The first kappa shape index (κ1) is 15.0. The summed E-state index contributed by atoms with van der Waals surface area (Å²) in [5.41, 5.74) is 0.802. The smallest absolute Gasteiger partial charge is 0.374 e. The van der Waals surface area contributed by atoms with Crippen LogP contribution < -0.4 is 5.32 Å². The van der Waals surface area contributed by atoms with Crippen LogP contribution in [0.15, 0.2) is 10.5 Å². The lowest BCUT2D eigenvalue weighted by molar-refractivity contribution is 0.00785. The van der Waals surface area contributed by atoms with Gasteiger partial charge in [-0.2, -0.15) is 0 Å². The zero-order valence-electron chi connectivity index (χ0n) is 12.3. The predicted octanol–water partition coefficient (Wildman–Crippen LogP) is 0.795. The normalized spacial score (nSPS) is 19.3. The van der Waals surface area contributed by atoms with E-state index in [9.17, 15) is 4.79 Å². The van der Waals surface area contributed by atoms with E-state index >= 15 is 0 Å². The maximum Gasteiger partial charge on any atom is 0.374 e. The van der Waals surface area contributed by atoms with E-state index in [2.05, 4.69) is 15.0 Å². The van der Waals surface area contributed by atoms with Crippen LogP contribution in [-0.4, -0.2) is 57.4 Å². The molecule has 1 aromatic rings. The second kappa shape index (κ2) is 6.88. The van der Waals surface area contributed by atoms with Crippen LogP contribution >= 0.6 is 0 Å². The average molecular weight is 282 g/mol. The first-order valence-electron chi connectivity index (χ1n) is 6.78. The zero-order chi connectivity index (χ0) is 14.5. The Bertz CT molecular complexity index is 452. The number of hydrogen-bond donors (Lipinski definition) is 1. The third-order valence-electron chi connectivity index (χ3n) is 3.29. The van der Waals surface area contributed by atoms with Crippen LogP contribution in [0.25, 0.3) is 0 Å². The van der Waals surface area contributed by atoms with Gasteiger partial charge in [0, 0.05) is 25.2 Å². The Labute approximate surface area is 119 Å². The van der Waals surface area contributed by atoms with Gasteiger partial charge in [-0.25, -0.2) is 4.79 Å². The van der Waals surface area contributed by atoms with Crippen LogP contribution in [0, 0.1) is 6.92 Å². The fourth-order valence-corrected chi connectivity index (χ4v) is 2.34. The topological polar surface area (TPSA) is 63.9 Å². The SMILES string of the molecule is COC(=O)c1oc(CN(C)CC2CNCCO2)cc1C. The molecular formula is C14H22N2O4. The van der Waals surface area contributed by atoms with Crippen molar-refractivity contribution in [2.45, 2.75) is 19.6 Å². The number of furan rings is 1. The number of likely N-dealkylation sites (N-methyl/N-ethyl adjacent to an activating group) is 1. The summed E-state index contributed by atoms with van der Waals surface area (Å²) in [6.45, 7) is 5.84. The van der Waals surface area contributed by atoms with Gasteiger partial charge in [-0.3, -0.25) is 4.90 Å². The lowest BCUT2D eigenvalue weighted by Crippen LogP contribution is -2.44. The van der Waals surface area contributed by atoms with Crippen molar-refractivity contribution < 1.29 is 18.7 Å². The molecule has 0 radical (unpaired) electrons. The van der Waals surface area contributed by atoms with Gasteiger partial charge in [0.2, 0.25) is 5.76 Å². The molecule has 112 valence electrons. The first-order chi connectivity index (χ1) is 9.60. The highest BCUT2D eigenvalue weighted by molar-refractivity contribution is 5.87. The molecule has 0 saturated carbocycles. The van der Waals surface area contributed by atoms with Crippen molar-refractivity contribution in [3.05, 3.63) is 23.2 Å². The minimum absolute atomic E-state index is 0.199. The number of ether oxygens (including phenoxy) is 2. The quantitative estimate of drug-likeness (QED) is 0.806. The Balaban J connectivity index is 1.90. The van der Waals surface area contributed by atoms with E-state index in [0.29, 0.717) is 6.54 Å². The number of nitrogens with zero attached hydrogens (tertiary/aromatic N) is 1. The third kappa shape index (κ3) is 3.82. The molecule has 20 heavy (non-hydrogen) atoms. The number of hydrogen-bond acceptors (Lipinski definition) is 6. The zero-order valence-corrected chi connectivity index (χ0v) is 12.3. The number of carbonyl (C=O) groups is 1. The fraction of sp³-hybridized carbons (Fsp3) is 0.643. The van der Waals surface area contributed by atoms with Gasteiger partial charge < -0.3 is 19.2 Å². The summed E-state index contributed by atoms with van der Waals surface area (Å²) in [7, 11) is 3.36. The van der Waals surface area contributed by atoms with Crippen molar-refractivity contribution in [1.82, 2.24) is 10.2 Å². The Morgan fingerprint density at radius 1 is 1.60 bits per heavy atom. The van der Waals surface area contributed by atoms with Crippen molar-refractivity contribution in [1.29, 1.82) is 0 Å². The summed E-state index contributed by atoms with van der Waals surface area (Å²) >= 11 is 0. The molecule has 0 aromatic carbocycles. The Morgan fingerprint density at radius 3 is 3.05 bits per heavy atom. The highest BCUT2D eigenvalue weighted by Gasteiger charge is 2.19. The molecule has 6 nitrogen and oxygen atoms in total. The molecule has 1 saturated heterocycles. The molecule has 0 bridgehead atoms. The van der Waals surface area contributed by atoms with Crippen molar-refractivity contribution in [2.24, 2.45) is 0 Å². The van der Waals surface area contributed by atoms with Crippen LogP contribution in [0.1, 0.15) is 21.9 Å². The van der Waals surface area contributed by atoms with Crippen LogP contribution in [0.3, 0.4) is 0 Å². The maximum absolute atomic E-state index is 11.5. The van der Waals surface area contributed by atoms with E-state index in [1.165, 1.54) is 7.11 Å². The molecule has 1 unspecified atom stereocenters. The largest absolute Gasteiger partial charge is 0.463 e. The number of aryl methyl sites for hydroxylation is 1. The fourth-order valence-electron chi connectivity index (χ4n) is 2.34. The van der Waals surface area contributed by atoms with Crippen LogP contribution in [0.2, 0.25) is 0 Å². The average Bonchev–Trinajstić information content (AvgIpc) is 2.79. The molecule has 0 spiro atoms. The van der Waals surface area contributed by atoms with E-state index in [1.54, 1.807) is 0 Å². The molecule has 2 rings (SSSR count). The molecule has 1 atom stereocenters. The number of nitrogens with one attached hydrogen (secondary N) is 1. The van der Waals surface area contributed by atoms with Crippen molar-refractivity contribution in [2.75, 3.05) is 40.4 Å². The second-order valence-corrected chi connectivity index (χ2v) is 5.11. The van der Waals surface area contributed by atoms with Gasteiger partial charge in [0.1, 0.15) is 5.76 Å². The minimum atomic E-state index is -0.434. The predicted molar refractivity (Wildman–Crippen MR) is 73.7 cm³/mol. The minimum Gasteiger partial charge on any atom is -0.463 e. The standard InChI is InChI=1S/C14H22N2O4/c1-10-6-11(20-13(10)14(17)18-3)8-16(2)9-12-7-15-4-5-19-12/h6,12,15H,4-5,7-9H2,1-3H3. The van der Waals surface area contributed by atoms with Crippen LogP contribution in [0.5, 0.6) is 0 Å². The van der Waals surface area contributed by atoms with E-state index < -0.39 is 5.97 Å². The van der Waals surface area contributed by atoms with Gasteiger partial charge in [0.05, 0.1) is 26.4 Å². The van der Waals surface area contributed by atoms with Crippen LogP contribution in [-0.2, 0) is 16.0 Å². The number of rotatable bonds is 5. The second-order valence-electron chi connectivity index (χ2n) is 5.11. The van der Waals surface area contributed by atoms with Crippen molar-refractivity contribution in [3.8, 4) is 0 Å².